The molecule has 1 saturated heterocycles. The van der Waals surface area contributed by atoms with Gasteiger partial charge in [0.25, 0.3) is 5.91 Å². The van der Waals surface area contributed by atoms with Crippen LogP contribution in [0.3, 0.4) is 0 Å². The first-order valence-corrected chi connectivity index (χ1v) is 7.72. The number of nitrogens with zero attached hydrogens (tertiary/aromatic N) is 3. The Labute approximate surface area is 142 Å². The Morgan fingerprint density at radius 3 is 2.75 bits per heavy atom. The maximum atomic E-state index is 14.1. The Kier molecular flexibility index (Phi) is 4.04. The summed E-state index contributed by atoms with van der Waals surface area (Å²) in [6.45, 7) is 1.36. The molecule has 2 aromatic rings. The van der Waals surface area contributed by atoms with Gasteiger partial charge in [0.05, 0.1) is 12.2 Å². The fourth-order valence-electron chi connectivity index (χ4n) is 2.73. The zero-order valence-electron chi connectivity index (χ0n) is 12.9. The highest BCUT2D eigenvalue weighted by molar-refractivity contribution is 6.30. The van der Waals surface area contributed by atoms with Crippen molar-refractivity contribution in [2.75, 3.05) is 13.1 Å². The third-order valence-electron chi connectivity index (χ3n) is 4.05. The van der Waals surface area contributed by atoms with Crippen molar-refractivity contribution in [1.82, 2.24) is 14.7 Å². The van der Waals surface area contributed by atoms with Crippen molar-refractivity contribution >= 4 is 23.5 Å². The summed E-state index contributed by atoms with van der Waals surface area (Å²) < 4.78 is 15.7. The number of aromatic nitrogens is 2. The van der Waals surface area contributed by atoms with E-state index in [1.165, 1.54) is 4.90 Å². The number of carboxylic acid groups (broad SMARTS) is 1. The molecule has 8 heteroatoms. The number of rotatable bonds is 3. The van der Waals surface area contributed by atoms with Crippen molar-refractivity contribution < 1.29 is 19.1 Å². The molecule has 1 amide bonds. The largest absolute Gasteiger partial charge is 0.479 e. The zero-order chi connectivity index (χ0) is 17.5. The normalized spacial score (nSPS) is 20.4. The van der Waals surface area contributed by atoms with Gasteiger partial charge in [-0.05, 0) is 31.2 Å². The molecule has 1 aliphatic rings. The summed E-state index contributed by atoms with van der Waals surface area (Å²) in [4.78, 5) is 24.6. The average molecular weight is 352 g/mol. The van der Waals surface area contributed by atoms with Crippen LogP contribution in [0.25, 0.3) is 5.69 Å². The van der Waals surface area contributed by atoms with E-state index < -0.39 is 24.1 Å². The first-order valence-electron chi connectivity index (χ1n) is 7.34. The minimum Gasteiger partial charge on any atom is -0.479 e. The Hall–Kier alpha value is -2.41. The molecule has 24 heavy (non-hydrogen) atoms. The van der Waals surface area contributed by atoms with Gasteiger partial charge in [-0.3, -0.25) is 4.79 Å². The molecule has 1 aliphatic heterocycles. The van der Waals surface area contributed by atoms with Crippen LogP contribution in [-0.2, 0) is 4.79 Å². The molecule has 2 heterocycles. The molecule has 126 valence electrons. The number of aliphatic carboxylic acids is 1. The number of carbonyl (C=O) groups excluding carboxylic acids is 1. The summed E-state index contributed by atoms with van der Waals surface area (Å²) in [5, 5.41) is 13.7. The van der Waals surface area contributed by atoms with Crippen LogP contribution in [0.2, 0.25) is 5.02 Å². The highest BCUT2D eigenvalue weighted by Crippen LogP contribution is 2.27. The number of benzene rings is 1. The molecule has 1 N–H and O–H groups in total. The zero-order valence-corrected chi connectivity index (χ0v) is 13.6. The maximum Gasteiger partial charge on any atom is 0.343 e. The first-order chi connectivity index (χ1) is 11.3. The summed E-state index contributed by atoms with van der Waals surface area (Å²) in [5.41, 5.74) is -0.835. The fourth-order valence-corrected chi connectivity index (χ4v) is 2.92. The number of carbonyl (C=O) groups is 2. The third kappa shape index (κ3) is 2.87. The number of likely N-dealkylation sites (tertiary alicyclic amines) is 1. The second-order valence-electron chi connectivity index (χ2n) is 5.81. The van der Waals surface area contributed by atoms with Gasteiger partial charge in [-0.15, -0.1) is 0 Å². The quantitative estimate of drug-likeness (QED) is 0.921. The summed E-state index contributed by atoms with van der Waals surface area (Å²) in [6, 6.07) is 8.59. The molecule has 1 atom stereocenters. The second-order valence-corrected chi connectivity index (χ2v) is 6.25. The topological polar surface area (TPSA) is 75.4 Å². The van der Waals surface area contributed by atoms with Crippen molar-refractivity contribution in [2.45, 2.75) is 19.0 Å². The van der Waals surface area contributed by atoms with Gasteiger partial charge >= 0.3 is 5.97 Å². The molecular weight excluding hydrogens is 337 g/mol. The summed E-state index contributed by atoms with van der Waals surface area (Å²) >= 11 is 5.97. The summed E-state index contributed by atoms with van der Waals surface area (Å²) in [6.07, 6.45) is -0.220. The van der Waals surface area contributed by atoms with E-state index in [0.717, 1.165) is 0 Å². The molecule has 1 unspecified atom stereocenters. The molecule has 6 nitrogen and oxygen atoms in total. The molecule has 1 fully saturated rings. The van der Waals surface area contributed by atoms with Crippen molar-refractivity contribution in [3.05, 3.63) is 46.7 Å². The van der Waals surface area contributed by atoms with Gasteiger partial charge in [0.1, 0.15) is 0 Å². The number of halogens is 2. The standard InChI is InChI=1S/C16H15ClFN3O3/c1-10-7-13(19-21(10)12-4-2-3-11(17)8-12)14(22)20-6-5-16(18,9-20)15(23)24/h2-4,7-8H,5-6,9H2,1H3,(H,23,24). The van der Waals surface area contributed by atoms with E-state index >= 15 is 0 Å². The number of hydrogen-bond acceptors (Lipinski definition) is 3. The van der Waals surface area contributed by atoms with Crippen molar-refractivity contribution in [1.29, 1.82) is 0 Å². The minimum atomic E-state index is -2.39. The Balaban J connectivity index is 1.85. The highest BCUT2D eigenvalue weighted by Gasteiger charge is 2.47. The van der Waals surface area contributed by atoms with E-state index in [-0.39, 0.29) is 18.7 Å². The van der Waals surface area contributed by atoms with Crippen LogP contribution in [-0.4, -0.2) is 50.4 Å². The third-order valence-corrected chi connectivity index (χ3v) is 4.28. The van der Waals surface area contributed by atoms with Gasteiger partial charge < -0.3 is 10.0 Å². The molecule has 3 rings (SSSR count). The molecule has 1 aromatic carbocycles. The van der Waals surface area contributed by atoms with Crippen LogP contribution in [0.5, 0.6) is 0 Å². The van der Waals surface area contributed by atoms with Gasteiger partial charge in [0.2, 0.25) is 5.67 Å². The number of aryl methyl sites for hydroxylation is 1. The summed E-state index contributed by atoms with van der Waals surface area (Å²) in [5.74, 6) is -2.03. The van der Waals surface area contributed by atoms with Crippen LogP contribution < -0.4 is 0 Å². The SMILES string of the molecule is Cc1cc(C(=O)N2CCC(F)(C(=O)O)C2)nn1-c1cccc(Cl)c1. The molecule has 0 aliphatic carbocycles. The lowest BCUT2D eigenvalue weighted by Gasteiger charge is -2.16. The molecular formula is C16H15ClFN3O3. The Morgan fingerprint density at radius 2 is 2.12 bits per heavy atom. The number of hydrogen-bond donors (Lipinski definition) is 1. The van der Waals surface area contributed by atoms with Crippen molar-refractivity contribution in [2.24, 2.45) is 0 Å². The van der Waals surface area contributed by atoms with Crippen molar-refractivity contribution in [3.8, 4) is 5.69 Å². The van der Waals surface area contributed by atoms with Crippen LogP contribution in [0.1, 0.15) is 22.6 Å². The number of amides is 1. The molecule has 0 radical (unpaired) electrons. The molecule has 0 spiro atoms. The smallest absolute Gasteiger partial charge is 0.343 e. The number of alkyl halides is 1. The monoisotopic (exact) mass is 351 g/mol. The lowest BCUT2D eigenvalue weighted by Crippen LogP contribution is -2.39. The Bertz CT molecular complexity index is 823. The predicted octanol–water partition coefficient (Wildman–Crippen LogP) is 2.47. The molecule has 1 aromatic heterocycles. The van der Waals surface area contributed by atoms with Crippen LogP contribution in [0.4, 0.5) is 4.39 Å². The highest BCUT2D eigenvalue weighted by atomic mass is 35.5. The van der Waals surface area contributed by atoms with Gasteiger partial charge in [-0.2, -0.15) is 5.10 Å². The summed E-state index contributed by atoms with van der Waals surface area (Å²) in [7, 11) is 0. The van der Waals surface area contributed by atoms with E-state index in [4.69, 9.17) is 16.7 Å². The van der Waals surface area contributed by atoms with E-state index in [1.54, 1.807) is 41.9 Å². The van der Waals surface area contributed by atoms with E-state index in [1.807, 2.05) is 0 Å². The minimum absolute atomic E-state index is 0.0463. The van der Waals surface area contributed by atoms with E-state index in [2.05, 4.69) is 5.10 Å². The lowest BCUT2D eigenvalue weighted by molar-refractivity contribution is -0.149. The number of carboxylic acids is 1. The predicted molar refractivity (Wildman–Crippen MR) is 85.3 cm³/mol. The van der Waals surface area contributed by atoms with Gasteiger partial charge in [-0.25, -0.2) is 13.9 Å². The van der Waals surface area contributed by atoms with E-state index in [9.17, 15) is 14.0 Å². The Morgan fingerprint density at radius 1 is 1.38 bits per heavy atom. The van der Waals surface area contributed by atoms with Crippen LogP contribution in [0.15, 0.2) is 30.3 Å². The fraction of sp³-hybridized carbons (Fsp3) is 0.312. The lowest BCUT2D eigenvalue weighted by atomic mass is 10.1. The van der Waals surface area contributed by atoms with Gasteiger partial charge in [-0.1, -0.05) is 17.7 Å². The van der Waals surface area contributed by atoms with Crippen molar-refractivity contribution in [3.63, 3.8) is 0 Å². The van der Waals surface area contributed by atoms with Crippen LogP contribution >= 0.6 is 11.6 Å². The molecule has 0 saturated carbocycles. The maximum absolute atomic E-state index is 14.1. The molecule has 0 bridgehead atoms. The van der Waals surface area contributed by atoms with Gasteiger partial charge in [0.15, 0.2) is 5.69 Å². The first kappa shape index (κ1) is 16.4. The van der Waals surface area contributed by atoms with Gasteiger partial charge in [0, 0.05) is 23.7 Å². The second kappa shape index (κ2) is 5.90. The van der Waals surface area contributed by atoms with Crippen LogP contribution in [0, 0.1) is 6.92 Å². The average Bonchev–Trinajstić information content (AvgIpc) is 3.11. The van der Waals surface area contributed by atoms with E-state index in [0.29, 0.717) is 16.4 Å².